The van der Waals surface area contributed by atoms with Crippen molar-refractivity contribution in [1.29, 1.82) is 0 Å². The van der Waals surface area contributed by atoms with E-state index in [4.69, 9.17) is 5.11 Å². The molecule has 0 radical (unpaired) electrons. The summed E-state index contributed by atoms with van der Waals surface area (Å²) in [5, 5.41) is 12.4. The molecule has 4 nitrogen and oxygen atoms in total. The molecule has 2 unspecified atom stereocenters. The Morgan fingerprint density at radius 2 is 2.40 bits per heavy atom. The van der Waals surface area contributed by atoms with Crippen LogP contribution in [0.4, 0.5) is 0 Å². The molecule has 1 rings (SSSR count). The number of aliphatic hydroxyl groups excluding tert-OH is 1. The number of nitrogens with one attached hydrogen (secondary N) is 1. The lowest BCUT2D eigenvalue weighted by molar-refractivity contribution is -0.129. The highest BCUT2D eigenvalue weighted by Gasteiger charge is 2.30. The van der Waals surface area contributed by atoms with Gasteiger partial charge < -0.3 is 15.3 Å². The lowest BCUT2D eigenvalue weighted by atomic mass is 10.2. The highest BCUT2D eigenvalue weighted by molar-refractivity contribution is 5.83. The molecule has 2 N–H and O–H groups in total. The van der Waals surface area contributed by atoms with Gasteiger partial charge in [0.05, 0.1) is 12.1 Å². The van der Waals surface area contributed by atoms with Crippen LogP contribution in [-0.2, 0) is 4.79 Å². The molecule has 1 aliphatic rings. The molecule has 0 spiro atoms. The largest absolute Gasteiger partial charge is 0.393 e. The molecular formula is C11H22N2O2. The van der Waals surface area contributed by atoms with Gasteiger partial charge in [0.15, 0.2) is 0 Å². The highest BCUT2D eigenvalue weighted by Crippen LogP contribution is 2.12. The fourth-order valence-corrected chi connectivity index (χ4v) is 1.81. The molecule has 2 atom stereocenters. The summed E-state index contributed by atoms with van der Waals surface area (Å²) in [6.07, 6.45) is 2.31. The molecule has 0 aromatic carbocycles. The summed E-state index contributed by atoms with van der Waals surface area (Å²) < 4.78 is 0. The number of hydrogen-bond donors (Lipinski definition) is 2. The molecule has 0 aliphatic carbocycles. The van der Waals surface area contributed by atoms with Crippen molar-refractivity contribution in [2.45, 2.75) is 45.3 Å². The molecule has 4 heteroatoms. The minimum atomic E-state index is -0.319. The molecule has 1 amide bonds. The average Bonchev–Trinajstić information content (AvgIpc) is 2.54. The van der Waals surface area contributed by atoms with Crippen molar-refractivity contribution >= 4 is 5.91 Å². The van der Waals surface area contributed by atoms with Gasteiger partial charge in [0.25, 0.3) is 0 Å². The summed E-state index contributed by atoms with van der Waals surface area (Å²) >= 11 is 0. The van der Waals surface area contributed by atoms with Gasteiger partial charge in [0, 0.05) is 13.1 Å². The molecule has 1 heterocycles. The van der Waals surface area contributed by atoms with Gasteiger partial charge in [-0.15, -0.1) is 0 Å². The third-order valence-corrected chi connectivity index (χ3v) is 2.75. The van der Waals surface area contributed by atoms with E-state index in [-0.39, 0.29) is 18.1 Å². The second-order valence-electron chi connectivity index (χ2n) is 4.26. The Labute approximate surface area is 91.6 Å². The Morgan fingerprint density at radius 3 is 3.00 bits per heavy atom. The van der Waals surface area contributed by atoms with Crippen molar-refractivity contribution in [2.75, 3.05) is 19.6 Å². The monoisotopic (exact) mass is 214 g/mol. The van der Waals surface area contributed by atoms with Crippen LogP contribution in [0.5, 0.6) is 0 Å². The molecule has 1 aliphatic heterocycles. The maximum absolute atomic E-state index is 11.8. The summed E-state index contributed by atoms with van der Waals surface area (Å²) in [5.74, 6) is 0.198. The van der Waals surface area contributed by atoms with Gasteiger partial charge in [-0.2, -0.15) is 0 Å². The number of hydrogen-bond acceptors (Lipinski definition) is 3. The van der Waals surface area contributed by atoms with E-state index in [0.29, 0.717) is 13.0 Å². The predicted octanol–water partition coefficient (Wildman–Crippen LogP) is 0.358. The molecule has 15 heavy (non-hydrogen) atoms. The molecule has 0 bridgehead atoms. The van der Waals surface area contributed by atoms with Crippen LogP contribution in [0.2, 0.25) is 0 Å². The van der Waals surface area contributed by atoms with Gasteiger partial charge in [0.2, 0.25) is 5.91 Å². The van der Waals surface area contributed by atoms with E-state index in [1.54, 1.807) is 6.92 Å². The van der Waals surface area contributed by atoms with E-state index >= 15 is 0 Å². The maximum atomic E-state index is 11.8. The Balaban J connectivity index is 2.29. The number of likely N-dealkylation sites (tertiary alicyclic amines) is 1. The van der Waals surface area contributed by atoms with E-state index < -0.39 is 0 Å². The molecule has 0 saturated carbocycles. The number of amides is 1. The summed E-state index contributed by atoms with van der Waals surface area (Å²) in [4.78, 5) is 13.7. The SMILES string of the molecule is CCCNC1CCN(CCC(C)O)C1=O. The van der Waals surface area contributed by atoms with E-state index in [0.717, 1.165) is 25.9 Å². The Morgan fingerprint density at radius 1 is 1.67 bits per heavy atom. The first-order chi connectivity index (χ1) is 7.15. The van der Waals surface area contributed by atoms with Crippen LogP contribution in [0, 0.1) is 0 Å². The van der Waals surface area contributed by atoms with Crippen LogP contribution in [0.3, 0.4) is 0 Å². The first kappa shape index (κ1) is 12.5. The quantitative estimate of drug-likeness (QED) is 0.671. The van der Waals surface area contributed by atoms with Gasteiger partial charge in [-0.1, -0.05) is 6.92 Å². The zero-order valence-electron chi connectivity index (χ0n) is 9.70. The second kappa shape index (κ2) is 6.08. The fraction of sp³-hybridized carbons (Fsp3) is 0.909. The Hall–Kier alpha value is -0.610. The van der Waals surface area contributed by atoms with Crippen LogP contribution < -0.4 is 5.32 Å². The van der Waals surface area contributed by atoms with Crippen molar-refractivity contribution in [3.8, 4) is 0 Å². The van der Waals surface area contributed by atoms with Crippen LogP contribution >= 0.6 is 0 Å². The molecule has 0 aromatic rings. The van der Waals surface area contributed by atoms with Crippen molar-refractivity contribution in [1.82, 2.24) is 10.2 Å². The molecule has 0 aromatic heterocycles. The van der Waals surface area contributed by atoms with Crippen molar-refractivity contribution < 1.29 is 9.90 Å². The smallest absolute Gasteiger partial charge is 0.239 e. The van der Waals surface area contributed by atoms with Crippen LogP contribution in [-0.4, -0.2) is 47.7 Å². The van der Waals surface area contributed by atoms with Crippen LogP contribution in [0.25, 0.3) is 0 Å². The number of aliphatic hydroxyl groups is 1. The molecule has 1 fully saturated rings. The molecular weight excluding hydrogens is 192 g/mol. The normalized spacial score (nSPS) is 23.5. The third-order valence-electron chi connectivity index (χ3n) is 2.75. The van der Waals surface area contributed by atoms with E-state index in [2.05, 4.69) is 12.2 Å². The van der Waals surface area contributed by atoms with Gasteiger partial charge in [-0.25, -0.2) is 0 Å². The Bertz CT molecular complexity index is 207. The number of carbonyl (C=O) groups excluding carboxylic acids is 1. The molecule has 88 valence electrons. The third kappa shape index (κ3) is 3.80. The number of carbonyl (C=O) groups is 1. The topological polar surface area (TPSA) is 52.6 Å². The van der Waals surface area contributed by atoms with Gasteiger partial charge in [-0.3, -0.25) is 4.79 Å². The molecule has 1 saturated heterocycles. The predicted molar refractivity (Wildman–Crippen MR) is 59.6 cm³/mol. The van der Waals surface area contributed by atoms with Crippen LogP contribution in [0.1, 0.15) is 33.1 Å². The number of rotatable bonds is 6. The van der Waals surface area contributed by atoms with E-state index in [1.165, 1.54) is 0 Å². The zero-order chi connectivity index (χ0) is 11.3. The summed E-state index contributed by atoms with van der Waals surface area (Å²) in [6.45, 7) is 6.26. The highest BCUT2D eigenvalue weighted by atomic mass is 16.3. The summed E-state index contributed by atoms with van der Waals surface area (Å²) in [7, 11) is 0. The second-order valence-corrected chi connectivity index (χ2v) is 4.26. The van der Waals surface area contributed by atoms with Crippen molar-refractivity contribution in [3.63, 3.8) is 0 Å². The fourth-order valence-electron chi connectivity index (χ4n) is 1.81. The van der Waals surface area contributed by atoms with Crippen molar-refractivity contribution in [2.24, 2.45) is 0 Å². The lowest BCUT2D eigenvalue weighted by Gasteiger charge is -2.17. The maximum Gasteiger partial charge on any atom is 0.239 e. The summed E-state index contributed by atoms with van der Waals surface area (Å²) in [6, 6.07) is 0.0129. The number of nitrogens with zero attached hydrogens (tertiary/aromatic N) is 1. The van der Waals surface area contributed by atoms with Crippen molar-refractivity contribution in [3.05, 3.63) is 0 Å². The van der Waals surface area contributed by atoms with E-state index in [9.17, 15) is 4.79 Å². The minimum absolute atomic E-state index is 0.0129. The minimum Gasteiger partial charge on any atom is -0.393 e. The summed E-state index contributed by atoms with van der Waals surface area (Å²) in [5.41, 5.74) is 0. The van der Waals surface area contributed by atoms with Gasteiger partial charge in [0.1, 0.15) is 0 Å². The van der Waals surface area contributed by atoms with Gasteiger partial charge >= 0.3 is 0 Å². The standard InChI is InChI=1S/C11H22N2O2/c1-3-6-12-10-5-8-13(11(10)15)7-4-9(2)14/h9-10,12,14H,3-8H2,1-2H3. The first-order valence-electron chi connectivity index (χ1n) is 5.85. The van der Waals surface area contributed by atoms with Gasteiger partial charge in [-0.05, 0) is 32.7 Å². The Kier molecular flexibility index (Phi) is 5.05. The van der Waals surface area contributed by atoms with E-state index in [1.807, 2.05) is 4.90 Å². The van der Waals surface area contributed by atoms with Crippen LogP contribution in [0.15, 0.2) is 0 Å². The first-order valence-corrected chi connectivity index (χ1v) is 5.85. The zero-order valence-corrected chi connectivity index (χ0v) is 9.70. The lowest BCUT2D eigenvalue weighted by Crippen LogP contribution is -2.39. The average molecular weight is 214 g/mol.